The molecule has 1 amide bonds. The SMILES string of the molecule is CSCCC(NC(=O)c1cccc(C)c1)C(=O)OC(C)C(=O)c1c(C)[nH]c2ccccc12. The normalized spacial score (nSPS) is 12.9. The van der Waals surface area contributed by atoms with Crippen LogP contribution in [0, 0.1) is 13.8 Å². The Bertz CT molecular complexity index is 1140. The first-order chi connectivity index (χ1) is 15.3. The third-order valence-electron chi connectivity index (χ3n) is 5.28. The van der Waals surface area contributed by atoms with Gasteiger partial charge in [0.2, 0.25) is 5.78 Å². The first-order valence-corrected chi connectivity index (χ1v) is 11.9. The Morgan fingerprint density at radius 1 is 1.09 bits per heavy atom. The molecule has 168 valence electrons. The van der Waals surface area contributed by atoms with E-state index in [1.807, 2.05) is 50.4 Å². The van der Waals surface area contributed by atoms with Gasteiger partial charge >= 0.3 is 5.97 Å². The summed E-state index contributed by atoms with van der Waals surface area (Å²) in [5, 5.41) is 3.57. The maximum atomic E-state index is 13.1. The Labute approximate surface area is 192 Å². The van der Waals surface area contributed by atoms with Crippen molar-refractivity contribution < 1.29 is 19.1 Å². The number of para-hydroxylation sites is 1. The molecule has 2 aromatic carbocycles. The van der Waals surface area contributed by atoms with Crippen molar-refractivity contribution in [2.45, 2.75) is 39.3 Å². The van der Waals surface area contributed by atoms with Crippen molar-refractivity contribution in [3.8, 4) is 0 Å². The average molecular weight is 453 g/mol. The Morgan fingerprint density at radius 2 is 1.84 bits per heavy atom. The Hall–Kier alpha value is -3.06. The molecule has 6 nitrogen and oxygen atoms in total. The number of H-pyrrole nitrogens is 1. The summed E-state index contributed by atoms with van der Waals surface area (Å²) in [6.07, 6.45) is 1.36. The Balaban J connectivity index is 1.74. The zero-order chi connectivity index (χ0) is 23.3. The van der Waals surface area contributed by atoms with Crippen molar-refractivity contribution >= 4 is 40.3 Å². The van der Waals surface area contributed by atoms with Crippen LogP contribution in [0.3, 0.4) is 0 Å². The number of hydrogen-bond acceptors (Lipinski definition) is 5. The highest BCUT2D eigenvalue weighted by Gasteiger charge is 2.29. The number of fused-ring (bicyclic) bond motifs is 1. The van der Waals surface area contributed by atoms with Crippen molar-refractivity contribution in [3.63, 3.8) is 0 Å². The van der Waals surface area contributed by atoms with Crippen LogP contribution in [0.1, 0.15) is 45.3 Å². The van der Waals surface area contributed by atoms with Crippen LogP contribution < -0.4 is 5.32 Å². The number of nitrogens with one attached hydrogen (secondary N) is 2. The minimum absolute atomic E-state index is 0.276. The van der Waals surface area contributed by atoms with Crippen LogP contribution in [0.15, 0.2) is 48.5 Å². The molecule has 0 bridgehead atoms. The number of Topliss-reactive ketones (excluding diaryl/α,β-unsaturated/α-hetero) is 1. The van der Waals surface area contributed by atoms with Gasteiger partial charge in [0.15, 0.2) is 6.10 Å². The number of aromatic amines is 1. The second-order valence-corrected chi connectivity index (χ2v) is 8.78. The van der Waals surface area contributed by atoms with E-state index in [1.165, 1.54) is 0 Å². The quantitative estimate of drug-likeness (QED) is 0.370. The van der Waals surface area contributed by atoms with E-state index in [9.17, 15) is 14.4 Å². The molecule has 0 radical (unpaired) electrons. The molecule has 2 unspecified atom stereocenters. The van der Waals surface area contributed by atoms with Crippen LogP contribution in [0.25, 0.3) is 10.9 Å². The molecule has 7 heteroatoms. The van der Waals surface area contributed by atoms with Crippen molar-refractivity contribution in [1.29, 1.82) is 0 Å². The molecular weight excluding hydrogens is 424 g/mol. The van der Waals surface area contributed by atoms with Gasteiger partial charge in [0, 0.05) is 27.7 Å². The first-order valence-electron chi connectivity index (χ1n) is 10.5. The number of esters is 1. The van der Waals surface area contributed by atoms with Crippen molar-refractivity contribution in [3.05, 3.63) is 70.9 Å². The van der Waals surface area contributed by atoms with E-state index < -0.39 is 18.1 Å². The number of carbonyl (C=O) groups excluding carboxylic acids is 3. The second kappa shape index (κ2) is 10.5. The van der Waals surface area contributed by atoms with Gasteiger partial charge in [-0.15, -0.1) is 0 Å². The molecule has 32 heavy (non-hydrogen) atoms. The van der Waals surface area contributed by atoms with Crippen LogP contribution in [0.5, 0.6) is 0 Å². The molecule has 1 aromatic heterocycles. The highest BCUT2D eigenvalue weighted by atomic mass is 32.2. The summed E-state index contributed by atoms with van der Waals surface area (Å²) in [6.45, 7) is 5.29. The number of thioether (sulfide) groups is 1. The molecular formula is C25H28N2O4S. The van der Waals surface area contributed by atoms with Crippen LogP contribution in [-0.2, 0) is 9.53 Å². The first kappa shape index (κ1) is 23.6. The fourth-order valence-electron chi connectivity index (χ4n) is 3.62. The molecule has 0 aliphatic heterocycles. The molecule has 0 aliphatic carbocycles. The number of aryl methyl sites for hydroxylation is 2. The molecule has 0 aliphatic rings. The van der Waals surface area contributed by atoms with Gasteiger partial charge in [-0.1, -0.05) is 35.9 Å². The van der Waals surface area contributed by atoms with Crippen molar-refractivity contribution in [2.75, 3.05) is 12.0 Å². The van der Waals surface area contributed by atoms with E-state index in [0.29, 0.717) is 23.3 Å². The molecule has 0 fully saturated rings. The van der Waals surface area contributed by atoms with E-state index in [1.54, 1.807) is 36.9 Å². The lowest BCUT2D eigenvalue weighted by molar-refractivity contribution is -0.148. The molecule has 1 heterocycles. The zero-order valence-corrected chi connectivity index (χ0v) is 19.5. The molecule has 3 rings (SSSR count). The number of hydrogen-bond donors (Lipinski definition) is 2. The largest absolute Gasteiger partial charge is 0.453 e. The number of ether oxygens (including phenoxy) is 1. The summed E-state index contributed by atoms with van der Waals surface area (Å²) in [5.41, 5.74) is 3.53. The van der Waals surface area contributed by atoms with E-state index in [2.05, 4.69) is 10.3 Å². The van der Waals surface area contributed by atoms with Crippen LogP contribution in [0.4, 0.5) is 0 Å². The summed E-state index contributed by atoms with van der Waals surface area (Å²) >= 11 is 1.57. The predicted molar refractivity (Wildman–Crippen MR) is 128 cm³/mol. The van der Waals surface area contributed by atoms with Gasteiger partial charge in [0.05, 0.1) is 0 Å². The summed E-state index contributed by atoms with van der Waals surface area (Å²) in [6, 6.07) is 13.8. The molecule has 2 N–H and O–H groups in total. The Morgan fingerprint density at radius 3 is 2.56 bits per heavy atom. The second-order valence-electron chi connectivity index (χ2n) is 7.79. The molecule has 2 atom stereocenters. The lowest BCUT2D eigenvalue weighted by Gasteiger charge is -2.20. The maximum Gasteiger partial charge on any atom is 0.329 e. The van der Waals surface area contributed by atoms with E-state index in [-0.39, 0.29) is 11.7 Å². The fourth-order valence-corrected chi connectivity index (χ4v) is 4.09. The molecule has 3 aromatic rings. The van der Waals surface area contributed by atoms with Crippen LogP contribution in [-0.4, -0.2) is 46.8 Å². The molecule has 0 saturated heterocycles. The lowest BCUT2D eigenvalue weighted by atomic mass is 10.0. The fraction of sp³-hybridized carbons (Fsp3) is 0.320. The number of amides is 1. The number of benzene rings is 2. The third-order valence-corrected chi connectivity index (χ3v) is 5.93. The topological polar surface area (TPSA) is 88.3 Å². The summed E-state index contributed by atoms with van der Waals surface area (Å²) in [7, 11) is 0. The van der Waals surface area contributed by atoms with Crippen LogP contribution >= 0.6 is 11.8 Å². The predicted octanol–water partition coefficient (Wildman–Crippen LogP) is 4.45. The average Bonchev–Trinajstić information content (AvgIpc) is 3.11. The monoisotopic (exact) mass is 452 g/mol. The lowest BCUT2D eigenvalue weighted by Crippen LogP contribution is -2.44. The van der Waals surface area contributed by atoms with Crippen molar-refractivity contribution in [1.82, 2.24) is 10.3 Å². The minimum Gasteiger partial charge on any atom is -0.453 e. The smallest absolute Gasteiger partial charge is 0.329 e. The van der Waals surface area contributed by atoms with E-state index in [0.717, 1.165) is 22.2 Å². The van der Waals surface area contributed by atoms with E-state index >= 15 is 0 Å². The maximum absolute atomic E-state index is 13.1. The van der Waals surface area contributed by atoms with Gasteiger partial charge in [-0.05, 0) is 57.4 Å². The standard InChI is InChI=1S/C25H28N2O4S/c1-15-8-7-9-18(14-15)24(29)27-21(12-13-32-4)25(30)31-17(3)23(28)22-16(2)26-20-11-6-5-10-19(20)22/h5-11,14,17,21,26H,12-13H2,1-4H3,(H,27,29). The Kier molecular flexibility index (Phi) is 7.75. The number of carbonyl (C=O) groups is 3. The highest BCUT2D eigenvalue weighted by molar-refractivity contribution is 7.98. The van der Waals surface area contributed by atoms with Gasteiger partial charge in [-0.25, -0.2) is 4.79 Å². The molecule has 0 saturated carbocycles. The molecule has 0 spiro atoms. The van der Waals surface area contributed by atoms with Crippen LogP contribution in [0.2, 0.25) is 0 Å². The third kappa shape index (κ3) is 5.40. The minimum atomic E-state index is -0.979. The van der Waals surface area contributed by atoms with E-state index in [4.69, 9.17) is 4.74 Å². The van der Waals surface area contributed by atoms with Gasteiger partial charge in [-0.3, -0.25) is 9.59 Å². The van der Waals surface area contributed by atoms with Gasteiger partial charge < -0.3 is 15.0 Å². The highest BCUT2D eigenvalue weighted by Crippen LogP contribution is 2.24. The van der Waals surface area contributed by atoms with Gasteiger partial charge in [-0.2, -0.15) is 11.8 Å². The summed E-state index contributed by atoms with van der Waals surface area (Å²) in [5.74, 6) is -0.568. The van der Waals surface area contributed by atoms with Crippen molar-refractivity contribution in [2.24, 2.45) is 0 Å². The van der Waals surface area contributed by atoms with Gasteiger partial charge in [0.1, 0.15) is 6.04 Å². The van der Waals surface area contributed by atoms with Gasteiger partial charge in [0.25, 0.3) is 5.91 Å². The summed E-state index contributed by atoms with van der Waals surface area (Å²) < 4.78 is 5.53. The number of ketones is 1. The number of aromatic nitrogens is 1. The number of rotatable bonds is 9. The zero-order valence-electron chi connectivity index (χ0n) is 18.7. The summed E-state index contributed by atoms with van der Waals surface area (Å²) in [4.78, 5) is 41.9.